The van der Waals surface area contributed by atoms with Crippen molar-refractivity contribution >= 4 is 5.97 Å². The van der Waals surface area contributed by atoms with Crippen LogP contribution in [0.5, 0.6) is 0 Å². The first-order chi connectivity index (χ1) is 8.95. The molecule has 0 bridgehead atoms. The predicted octanol–water partition coefficient (Wildman–Crippen LogP) is 3.10. The highest BCUT2D eigenvalue weighted by Crippen LogP contribution is 2.21. The van der Waals surface area contributed by atoms with Crippen LogP contribution in [0.25, 0.3) is 0 Å². The van der Waals surface area contributed by atoms with Crippen LogP contribution in [-0.4, -0.2) is 31.1 Å². The summed E-state index contributed by atoms with van der Waals surface area (Å²) in [5.74, 6) is -0.108. The maximum Gasteiger partial charge on any atom is 0.311 e. The van der Waals surface area contributed by atoms with Crippen molar-refractivity contribution in [2.45, 2.75) is 33.7 Å². The van der Waals surface area contributed by atoms with E-state index >= 15 is 0 Å². The molecule has 0 spiro atoms. The highest BCUT2D eigenvalue weighted by atomic mass is 16.5. The first-order valence-corrected chi connectivity index (χ1v) is 6.85. The van der Waals surface area contributed by atoms with Gasteiger partial charge in [0.05, 0.1) is 5.41 Å². The van der Waals surface area contributed by atoms with Gasteiger partial charge < -0.3 is 4.74 Å². The summed E-state index contributed by atoms with van der Waals surface area (Å²) in [6, 6.07) is 10.3. The maximum absolute atomic E-state index is 11.8. The highest BCUT2D eigenvalue weighted by Gasteiger charge is 2.26. The zero-order valence-electron chi connectivity index (χ0n) is 12.5. The molecule has 0 aliphatic heterocycles. The highest BCUT2D eigenvalue weighted by molar-refractivity contribution is 5.75. The molecule has 1 rings (SSSR count). The molecule has 0 saturated carbocycles. The Bertz CT molecular complexity index is 387. The van der Waals surface area contributed by atoms with Crippen LogP contribution in [0.4, 0.5) is 0 Å². The third-order valence-corrected chi connectivity index (χ3v) is 3.44. The van der Waals surface area contributed by atoms with E-state index in [1.54, 1.807) is 0 Å². The average molecular weight is 263 g/mol. The normalized spacial score (nSPS) is 11.6. The van der Waals surface area contributed by atoms with Crippen molar-refractivity contribution in [3.05, 3.63) is 35.9 Å². The van der Waals surface area contributed by atoms with E-state index in [1.807, 2.05) is 46.0 Å². The Kier molecular flexibility index (Phi) is 6.03. The van der Waals surface area contributed by atoms with Gasteiger partial charge in [0, 0.05) is 13.1 Å². The van der Waals surface area contributed by atoms with Gasteiger partial charge in [-0.1, -0.05) is 37.3 Å². The molecule has 0 aliphatic rings. The second-order valence-corrected chi connectivity index (χ2v) is 5.60. The molecule has 0 aromatic heterocycles. The van der Waals surface area contributed by atoms with Crippen molar-refractivity contribution in [2.75, 3.05) is 20.2 Å². The van der Waals surface area contributed by atoms with Crippen LogP contribution in [0.3, 0.4) is 0 Å². The van der Waals surface area contributed by atoms with Crippen LogP contribution in [0.15, 0.2) is 30.3 Å². The summed E-state index contributed by atoms with van der Waals surface area (Å²) < 4.78 is 5.33. The molecule has 0 aliphatic carbocycles. The summed E-state index contributed by atoms with van der Waals surface area (Å²) in [5, 5.41) is 0. The fourth-order valence-corrected chi connectivity index (χ4v) is 1.61. The fraction of sp³-hybridized carbons (Fsp3) is 0.562. The average Bonchev–Trinajstić information content (AvgIpc) is 2.39. The predicted molar refractivity (Wildman–Crippen MR) is 77.8 cm³/mol. The molecular formula is C16H25NO2. The van der Waals surface area contributed by atoms with Crippen LogP contribution in [0.1, 0.15) is 32.8 Å². The molecule has 1 aromatic carbocycles. The van der Waals surface area contributed by atoms with Gasteiger partial charge in [-0.05, 0) is 32.9 Å². The Balaban J connectivity index is 2.28. The number of likely N-dealkylation sites (N-methyl/N-ethyl adjacent to an activating group) is 1. The summed E-state index contributed by atoms with van der Waals surface area (Å²) in [4.78, 5) is 13.9. The number of ether oxygens (including phenoxy) is 1. The smallest absolute Gasteiger partial charge is 0.311 e. The molecule has 1 aromatic rings. The number of benzene rings is 1. The molecule has 0 heterocycles. The molecule has 0 fully saturated rings. The fourth-order valence-electron chi connectivity index (χ4n) is 1.61. The Hall–Kier alpha value is -1.35. The number of esters is 1. The largest absolute Gasteiger partial charge is 0.464 e. The van der Waals surface area contributed by atoms with Gasteiger partial charge in [-0.3, -0.25) is 9.69 Å². The number of nitrogens with zero attached hydrogens (tertiary/aromatic N) is 1. The quantitative estimate of drug-likeness (QED) is 0.708. The van der Waals surface area contributed by atoms with Crippen LogP contribution in [0, 0.1) is 5.41 Å². The van der Waals surface area contributed by atoms with E-state index in [9.17, 15) is 4.79 Å². The number of carbonyl (C=O) groups excluding carboxylic acids is 1. The minimum Gasteiger partial charge on any atom is -0.464 e. The van der Waals surface area contributed by atoms with Crippen LogP contribution >= 0.6 is 0 Å². The van der Waals surface area contributed by atoms with Crippen molar-refractivity contribution in [2.24, 2.45) is 5.41 Å². The Morgan fingerprint density at radius 3 is 2.47 bits per heavy atom. The number of rotatable bonds is 7. The van der Waals surface area contributed by atoms with E-state index in [1.165, 1.54) is 5.56 Å². The third kappa shape index (κ3) is 5.43. The van der Waals surface area contributed by atoms with Crippen molar-refractivity contribution < 1.29 is 9.53 Å². The zero-order valence-corrected chi connectivity index (χ0v) is 12.5. The summed E-state index contributed by atoms with van der Waals surface area (Å²) >= 11 is 0. The molecule has 0 radical (unpaired) electrons. The standard InChI is InChI=1S/C16H25NO2/c1-5-16(2,3)15(18)19-12-11-17(4)13-14-9-7-6-8-10-14/h6-10H,5,11-13H2,1-4H3. The summed E-state index contributed by atoms with van der Waals surface area (Å²) in [6.07, 6.45) is 0.797. The first-order valence-electron chi connectivity index (χ1n) is 6.85. The molecule has 0 atom stereocenters. The van der Waals surface area contributed by atoms with E-state index in [0.29, 0.717) is 6.61 Å². The van der Waals surface area contributed by atoms with Crippen molar-refractivity contribution in [3.8, 4) is 0 Å². The van der Waals surface area contributed by atoms with Crippen molar-refractivity contribution in [1.82, 2.24) is 4.90 Å². The first kappa shape index (κ1) is 15.7. The maximum atomic E-state index is 11.8. The molecular weight excluding hydrogens is 238 g/mol. The van der Waals surface area contributed by atoms with Gasteiger partial charge in [0.15, 0.2) is 0 Å². The molecule has 0 saturated heterocycles. The van der Waals surface area contributed by atoms with Gasteiger partial charge >= 0.3 is 5.97 Å². The van der Waals surface area contributed by atoms with Crippen LogP contribution < -0.4 is 0 Å². The Morgan fingerprint density at radius 2 is 1.89 bits per heavy atom. The SMILES string of the molecule is CCC(C)(C)C(=O)OCCN(C)Cc1ccccc1. The van der Waals surface area contributed by atoms with Gasteiger partial charge in [0.1, 0.15) is 6.61 Å². The Morgan fingerprint density at radius 1 is 1.26 bits per heavy atom. The second-order valence-electron chi connectivity index (χ2n) is 5.60. The van der Waals surface area contributed by atoms with Crippen LogP contribution in [-0.2, 0) is 16.1 Å². The minimum absolute atomic E-state index is 0.108. The van der Waals surface area contributed by atoms with Crippen molar-refractivity contribution in [3.63, 3.8) is 0 Å². The van der Waals surface area contributed by atoms with Gasteiger partial charge in [-0.15, -0.1) is 0 Å². The molecule has 3 nitrogen and oxygen atoms in total. The van der Waals surface area contributed by atoms with Gasteiger partial charge in [0.25, 0.3) is 0 Å². The number of hydrogen-bond donors (Lipinski definition) is 0. The van der Waals surface area contributed by atoms with Gasteiger partial charge in [0.2, 0.25) is 0 Å². The Labute approximate surface area is 116 Å². The van der Waals surface area contributed by atoms with Gasteiger partial charge in [-0.2, -0.15) is 0 Å². The summed E-state index contributed by atoms with van der Waals surface area (Å²) in [6.45, 7) is 7.91. The molecule has 106 valence electrons. The topological polar surface area (TPSA) is 29.5 Å². The van der Waals surface area contributed by atoms with E-state index < -0.39 is 0 Å². The molecule has 0 N–H and O–H groups in total. The monoisotopic (exact) mass is 263 g/mol. The lowest BCUT2D eigenvalue weighted by Gasteiger charge is -2.22. The van der Waals surface area contributed by atoms with E-state index in [2.05, 4.69) is 17.0 Å². The molecule has 3 heteroatoms. The van der Waals surface area contributed by atoms with E-state index in [0.717, 1.165) is 19.5 Å². The van der Waals surface area contributed by atoms with Gasteiger partial charge in [-0.25, -0.2) is 0 Å². The zero-order chi connectivity index (χ0) is 14.3. The van der Waals surface area contributed by atoms with Crippen LogP contribution in [0.2, 0.25) is 0 Å². The lowest BCUT2D eigenvalue weighted by atomic mass is 9.91. The number of carbonyl (C=O) groups is 1. The third-order valence-electron chi connectivity index (χ3n) is 3.44. The number of hydrogen-bond acceptors (Lipinski definition) is 3. The van der Waals surface area contributed by atoms with Crippen molar-refractivity contribution in [1.29, 1.82) is 0 Å². The van der Waals surface area contributed by atoms with E-state index in [-0.39, 0.29) is 11.4 Å². The minimum atomic E-state index is -0.377. The molecule has 0 unspecified atom stereocenters. The lowest BCUT2D eigenvalue weighted by molar-refractivity contribution is -0.154. The van der Waals surface area contributed by atoms with E-state index in [4.69, 9.17) is 4.74 Å². The molecule has 19 heavy (non-hydrogen) atoms. The molecule has 0 amide bonds. The second kappa shape index (κ2) is 7.29. The summed E-state index contributed by atoms with van der Waals surface area (Å²) in [5.41, 5.74) is 0.892. The lowest BCUT2D eigenvalue weighted by Crippen LogP contribution is -2.29. The summed E-state index contributed by atoms with van der Waals surface area (Å²) in [7, 11) is 2.03.